The average molecular weight is 367 g/mol. The molecule has 2 fully saturated rings. The summed E-state index contributed by atoms with van der Waals surface area (Å²) < 4.78 is 5.15. The number of carbonyl (C=O) groups is 3. The minimum absolute atomic E-state index is 0.0182. The zero-order valence-corrected chi connectivity index (χ0v) is 14.9. The number of hydrogen-bond donors (Lipinski definition) is 1. The highest BCUT2D eigenvalue weighted by molar-refractivity contribution is 5.98. The molecular weight excluding hydrogens is 346 g/mol. The van der Waals surface area contributed by atoms with Gasteiger partial charge < -0.3 is 19.5 Å². The second-order valence-electron chi connectivity index (χ2n) is 6.91. The first kappa shape index (κ1) is 17.3. The summed E-state index contributed by atoms with van der Waals surface area (Å²) in [5.74, 6) is 0.196. The lowest BCUT2D eigenvalue weighted by Gasteiger charge is -2.34. The summed E-state index contributed by atoms with van der Waals surface area (Å²) in [4.78, 5) is 40.4. The zero-order chi connectivity index (χ0) is 18.8. The maximum atomic E-state index is 12.8. The van der Waals surface area contributed by atoms with E-state index in [1.807, 2.05) is 0 Å². The fraction of sp³-hybridized carbons (Fsp3) is 0.350. The van der Waals surface area contributed by atoms with Gasteiger partial charge in [-0.05, 0) is 43.2 Å². The van der Waals surface area contributed by atoms with Crippen LogP contribution in [0.25, 0.3) is 0 Å². The number of nitrogens with zero attached hydrogens (tertiary/aromatic N) is 2. The topological polar surface area (TPSA) is 82.9 Å². The number of carbonyl (C=O) groups excluding carboxylic acids is 3. The summed E-state index contributed by atoms with van der Waals surface area (Å²) in [5.41, 5.74) is 1.18. The Morgan fingerprint density at radius 3 is 2.26 bits per heavy atom. The van der Waals surface area contributed by atoms with Gasteiger partial charge in [0.1, 0.15) is 0 Å². The Morgan fingerprint density at radius 2 is 1.63 bits per heavy atom. The third-order valence-electron chi connectivity index (χ3n) is 4.91. The molecule has 2 aliphatic rings. The lowest BCUT2D eigenvalue weighted by atomic mass is 10.1. The van der Waals surface area contributed by atoms with Gasteiger partial charge in [0, 0.05) is 43.3 Å². The van der Waals surface area contributed by atoms with E-state index in [2.05, 4.69) is 5.32 Å². The summed E-state index contributed by atoms with van der Waals surface area (Å²) in [5, 5.41) is 2.87. The van der Waals surface area contributed by atoms with Crippen molar-refractivity contribution in [2.24, 2.45) is 5.92 Å². The lowest BCUT2D eigenvalue weighted by Crippen LogP contribution is -2.50. The van der Waals surface area contributed by atoms with Crippen molar-refractivity contribution in [2.75, 3.05) is 31.5 Å². The van der Waals surface area contributed by atoms with Crippen molar-refractivity contribution in [2.45, 2.75) is 12.8 Å². The first-order valence-electron chi connectivity index (χ1n) is 9.15. The highest BCUT2D eigenvalue weighted by atomic mass is 16.3. The molecule has 27 heavy (non-hydrogen) atoms. The van der Waals surface area contributed by atoms with Crippen molar-refractivity contribution < 1.29 is 18.8 Å². The van der Waals surface area contributed by atoms with Crippen molar-refractivity contribution in [3.05, 3.63) is 54.0 Å². The zero-order valence-electron chi connectivity index (χ0n) is 14.9. The van der Waals surface area contributed by atoms with E-state index in [9.17, 15) is 14.4 Å². The highest BCUT2D eigenvalue weighted by Gasteiger charge is 2.30. The molecule has 0 spiro atoms. The van der Waals surface area contributed by atoms with Gasteiger partial charge in [-0.15, -0.1) is 0 Å². The molecule has 1 saturated heterocycles. The molecule has 1 aliphatic carbocycles. The predicted molar refractivity (Wildman–Crippen MR) is 98.3 cm³/mol. The van der Waals surface area contributed by atoms with Crippen LogP contribution in [0.2, 0.25) is 0 Å². The molecule has 0 atom stereocenters. The lowest BCUT2D eigenvalue weighted by molar-refractivity contribution is -0.117. The van der Waals surface area contributed by atoms with E-state index >= 15 is 0 Å². The van der Waals surface area contributed by atoms with Crippen LogP contribution in [-0.4, -0.2) is 53.7 Å². The maximum absolute atomic E-state index is 12.8. The molecule has 1 aromatic carbocycles. The molecule has 0 bridgehead atoms. The highest BCUT2D eigenvalue weighted by Crippen LogP contribution is 2.30. The molecule has 7 nitrogen and oxygen atoms in total. The van der Waals surface area contributed by atoms with Gasteiger partial charge in [0.25, 0.3) is 11.8 Å². The SMILES string of the molecule is O=C(Nc1cccc(C(=O)N2CCN(C(=O)c3ccco3)CC2)c1)C1CC1. The minimum atomic E-state index is -0.156. The Morgan fingerprint density at radius 1 is 0.926 bits per heavy atom. The van der Waals surface area contributed by atoms with Crippen molar-refractivity contribution >= 4 is 23.4 Å². The third-order valence-corrected chi connectivity index (χ3v) is 4.91. The van der Waals surface area contributed by atoms with Crippen LogP contribution in [0.15, 0.2) is 47.1 Å². The number of nitrogens with one attached hydrogen (secondary N) is 1. The predicted octanol–water partition coefficient (Wildman–Crippen LogP) is 2.23. The van der Waals surface area contributed by atoms with Gasteiger partial charge in [0.2, 0.25) is 5.91 Å². The second-order valence-corrected chi connectivity index (χ2v) is 6.91. The average Bonchev–Trinajstić information content (AvgIpc) is 3.42. The van der Waals surface area contributed by atoms with Crippen LogP contribution in [0.1, 0.15) is 33.8 Å². The van der Waals surface area contributed by atoms with Crippen LogP contribution >= 0.6 is 0 Å². The molecule has 0 radical (unpaired) electrons. The van der Waals surface area contributed by atoms with Crippen LogP contribution in [0.4, 0.5) is 5.69 Å². The molecule has 7 heteroatoms. The van der Waals surface area contributed by atoms with Crippen molar-refractivity contribution in [3.63, 3.8) is 0 Å². The maximum Gasteiger partial charge on any atom is 0.289 e. The molecule has 140 valence electrons. The molecule has 1 N–H and O–H groups in total. The monoisotopic (exact) mass is 367 g/mol. The van der Waals surface area contributed by atoms with Gasteiger partial charge in [-0.2, -0.15) is 0 Å². The first-order chi connectivity index (χ1) is 13.1. The van der Waals surface area contributed by atoms with Crippen LogP contribution in [0.3, 0.4) is 0 Å². The van der Waals surface area contributed by atoms with Crippen molar-refractivity contribution in [1.82, 2.24) is 9.80 Å². The number of piperazine rings is 1. The normalized spacial score (nSPS) is 16.9. The number of anilines is 1. The number of furan rings is 1. The quantitative estimate of drug-likeness (QED) is 0.898. The van der Waals surface area contributed by atoms with Crippen molar-refractivity contribution in [3.8, 4) is 0 Å². The van der Waals surface area contributed by atoms with E-state index < -0.39 is 0 Å². The van der Waals surface area contributed by atoms with E-state index in [4.69, 9.17) is 4.42 Å². The van der Waals surface area contributed by atoms with Crippen LogP contribution < -0.4 is 5.32 Å². The summed E-state index contributed by atoms with van der Waals surface area (Å²) in [7, 11) is 0. The Labute approximate surface area is 156 Å². The molecule has 0 unspecified atom stereocenters. The summed E-state index contributed by atoms with van der Waals surface area (Å²) in [6.07, 6.45) is 3.35. The second kappa shape index (κ2) is 7.26. The van der Waals surface area contributed by atoms with E-state index in [0.717, 1.165) is 12.8 Å². The van der Waals surface area contributed by atoms with E-state index in [1.54, 1.807) is 46.2 Å². The fourth-order valence-corrected chi connectivity index (χ4v) is 3.17. The Bertz CT molecular complexity index is 850. The Kier molecular flexibility index (Phi) is 4.66. The van der Waals surface area contributed by atoms with Gasteiger partial charge in [0.05, 0.1) is 6.26 Å². The van der Waals surface area contributed by atoms with Gasteiger partial charge in [-0.25, -0.2) is 0 Å². The molecule has 1 aromatic heterocycles. The van der Waals surface area contributed by atoms with E-state index in [1.165, 1.54) is 6.26 Å². The molecular formula is C20H21N3O4. The minimum Gasteiger partial charge on any atom is -0.459 e. The number of benzene rings is 1. The molecule has 3 amide bonds. The standard InChI is InChI=1S/C20H21N3O4/c24-18(14-6-7-14)21-16-4-1-3-15(13-16)19(25)22-8-10-23(11-9-22)20(26)17-5-2-12-27-17/h1-5,12-14H,6-11H2,(H,21,24). The fourth-order valence-electron chi connectivity index (χ4n) is 3.17. The summed E-state index contributed by atoms with van der Waals surface area (Å²) in [6, 6.07) is 10.3. The molecule has 4 rings (SSSR count). The molecule has 1 aliphatic heterocycles. The van der Waals surface area contributed by atoms with Crippen LogP contribution in [0.5, 0.6) is 0 Å². The van der Waals surface area contributed by atoms with Crippen molar-refractivity contribution in [1.29, 1.82) is 0 Å². The Hall–Kier alpha value is -3.09. The summed E-state index contributed by atoms with van der Waals surface area (Å²) >= 11 is 0. The Balaban J connectivity index is 1.36. The largest absolute Gasteiger partial charge is 0.459 e. The molecule has 2 aromatic rings. The van der Waals surface area contributed by atoms with Gasteiger partial charge in [0.15, 0.2) is 5.76 Å². The van der Waals surface area contributed by atoms with Crippen LogP contribution in [0, 0.1) is 5.92 Å². The van der Waals surface area contributed by atoms with Gasteiger partial charge >= 0.3 is 0 Å². The first-order valence-corrected chi connectivity index (χ1v) is 9.15. The van der Waals surface area contributed by atoms with Crippen LogP contribution in [-0.2, 0) is 4.79 Å². The number of amides is 3. The van der Waals surface area contributed by atoms with Gasteiger partial charge in [-0.3, -0.25) is 14.4 Å². The summed E-state index contributed by atoms with van der Waals surface area (Å²) in [6.45, 7) is 1.85. The van der Waals surface area contributed by atoms with E-state index in [0.29, 0.717) is 43.2 Å². The smallest absolute Gasteiger partial charge is 0.289 e. The molecule has 1 saturated carbocycles. The van der Waals surface area contributed by atoms with E-state index in [-0.39, 0.29) is 23.6 Å². The van der Waals surface area contributed by atoms with Gasteiger partial charge in [-0.1, -0.05) is 6.07 Å². The molecule has 2 heterocycles. The number of rotatable bonds is 4. The number of hydrogen-bond acceptors (Lipinski definition) is 4. The third kappa shape index (κ3) is 3.86.